The predicted octanol–water partition coefficient (Wildman–Crippen LogP) is 3.38. The van der Waals surface area contributed by atoms with Gasteiger partial charge in [0.2, 0.25) is 0 Å². The molecule has 26 heavy (non-hydrogen) atoms. The van der Waals surface area contributed by atoms with Gasteiger partial charge in [-0.25, -0.2) is 0 Å². The van der Waals surface area contributed by atoms with Crippen molar-refractivity contribution in [2.24, 2.45) is 0 Å². The molecule has 0 unspecified atom stereocenters. The molecule has 5 heteroatoms. The Morgan fingerprint density at radius 3 is 2.12 bits per heavy atom. The van der Waals surface area contributed by atoms with Crippen LogP contribution >= 0.6 is 0 Å². The summed E-state index contributed by atoms with van der Waals surface area (Å²) in [7, 11) is 6.85. The highest BCUT2D eigenvalue weighted by molar-refractivity contribution is 5.53. The molecule has 0 aromatic heterocycles. The highest BCUT2D eigenvalue weighted by atomic mass is 16.5. The molecule has 2 aliphatic heterocycles. The predicted molar refractivity (Wildman–Crippen MR) is 99.7 cm³/mol. The largest absolute Gasteiger partial charge is 0.497 e. The first kappa shape index (κ1) is 17.0. The van der Waals surface area contributed by atoms with Crippen LogP contribution in [0.25, 0.3) is 0 Å². The van der Waals surface area contributed by atoms with Gasteiger partial charge in [-0.3, -0.25) is 4.90 Å². The summed E-state index contributed by atoms with van der Waals surface area (Å²) in [6.45, 7) is 1.89. The van der Waals surface area contributed by atoms with Gasteiger partial charge >= 0.3 is 0 Å². The van der Waals surface area contributed by atoms with Crippen molar-refractivity contribution < 1.29 is 18.9 Å². The standard InChI is InChI=1S/C21H25NO4/c1-23-15-7-13-5-6-22-12-17-14(8-16(24-2)10-19(17)25-3)9-18(22)21(13)20(11-15)26-4/h7-8,10-11,18H,5-6,9,12H2,1-4H3/t18-/m0/s1. The number of fused-ring (bicyclic) bond motifs is 4. The fourth-order valence-electron chi connectivity index (χ4n) is 4.30. The van der Waals surface area contributed by atoms with Gasteiger partial charge < -0.3 is 18.9 Å². The van der Waals surface area contributed by atoms with Gasteiger partial charge in [-0.15, -0.1) is 0 Å². The summed E-state index contributed by atoms with van der Waals surface area (Å²) in [4.78, 5) is 2.52. The van der Waals surface area contributed by atoms with E-state index in [2.05, 4.69) is 17.0 Å². The van der Waals surface area contributed by atoms with Gasteiger partial charge in [0.05, 0.1) is 28.4 Å². The summed E-state index contributed by atoms with van der Waals surface area (Å²) in [5, 5.41) is 0. The lowest BCUT2D eigenvalue weighted by atomic mass is 9.83. The summed E-state index contributed by atoms with van der Waals surface area (Å²) in [6.07, 6.45) is 1.91. The first-order valence-corrected chi connectivity index (χ1v) is 8.91. The van der Waals surface area contributed by atoms with Crippen molar-refractivity contribution in [1.82, 2.24) is 4.90 Å². The summed E-state index contributed by atoms with van der Waals surface area (Å²) in [5.74, 6) is 3.51. The highest BCUT2D eigenvalue weighted by Crippen LogP contribution is 2.46. The maximum absolute atomic E-state index is 5.73. The molecule has 1 atom stereocenters. The van der Waals surface area contributed by atoms with Crippen molar-refractivity contribution >= 4 is 0 Å². The van der Waals surface area contributed by atoms with E-state index in [0.29, 0.717) is 6.04 Å². The van der Waals surface area contributed by atoms with Crippen LogP contribution in [-0.2, 0) is 19.4 Å². The molecule has 2 aliphatic rings. The molecule has 0 spiro atoms. The zero-order valence-electron chi connectivity index (χ0n) is 15.8. The lowest BCUT2D eigenvalue weighted by Gasteiger charge is -2.42. The molecule has 0 N–H and O–H groups in total. The maximum Gasteiger partial charge on any atom is 0.127 e. The van der Waals surface area contributed by atoms with Crippen molar-refractivity contribution in [1.29, 1.82) is 0 Å². The minimum absolute atomic E-state index is 0.295. The smallest absolute Gasteiger partial charge is 0.127 e. The molecule has 2 heterocycles. The molecule has 0 bridgehead atoms. The molecule has 138 valence electrons. The minimum Gasteiger partial charge on any atom is -0.497 e. The fraction of sp³-hybridized carbons (Fsp3) is 0.429. The van der Waals surface area contributed by atoms with E-state index in [-0.39, 0.29) is 0 Å². The molecule has 0 amide bonds. The Kier molecular flexibility index (Phi) is 4.41. The third-order valence-corrected chi connectivity index (χ3v) is 5.60. The molecule has 0 saturated heterocycles. The van der Waals surface area contributed by atoms with Crippen LogP contribution < -0.4 is 18.9 Å². The van der Waals surface area contributed by atoms with Crippen molar-refractivity contribution in [2.75, 3.05) is 35.0 Å². The van der Waals surface area contributed by atoms with Crippen LogP contribution in [-0.4, -0.2) is 39.9 Å². The average molecular weight is 355 g/mol. The van der Waals surface area contributed by atoms with Crippen LogP contribution in [0.4, 0.5) is 0 Å². The molecule has 0 saturated carbocycles. The number of methoxy groups -OCH3 is 4. The quantitative estimate of drug-likeness (QED) is 0.841. The summed E-state index contributed by atoms with van der Waals surface area (Å²) >= 11 is 0. The molecule has 0 aliphatic carbocycles. The Labute approximate surface area is 154 Å². The van der Waals surface area contributed by atoms with E-state index >= 15 is 0 Å². The van der Waals surface area contributed by atoms with Crippen molar-refractivity contribution in [3.8, 4) is 23.0 Å². The average Bonchev–Trinajstić information content (AvgIpc) is 2.70. The van der Waals surface area contributed by atoms with Gasteiger partial charge in [0.1, 0.15) is 23.0 Å². The van der Waals surface area contributed by atoms with E-state index in [1.165, 1.54) is 22.3 Å². The zero-order chi connectivity index (χ0) is 18.3. The second-order valence-electron chi connectivity index (χ2n) is 6.81. The Morgan fingerprint density at radius 2 is 1.46 bits per heavy atom. The number of rotatable bonds is 4. The first-order valence-electron chi connectivity index (χ1n) is 8.91. The molecular weight excluding hydrogens is 330 g/mol. The topological polar surface area (TPSA) is 40.2 Å². The number of benzene rings is 2. The molecule has 0 fully saturated rings. The second kappa shape index (κ2) is 6.72. The van der Waals surface area contributed by atoms with Gasteiger partial charge in [-0.05, 0) is 36.1 Å². The van der Waals surface area contributed by atoms with Crippen LogP contribution in [0.5, 0.6) is 23.0 Å². The lowest BCUT2D eigenvalue weighted by molar-refractivity contribution is 0.154. The van der Waals surface area contributed by atoms with Crippen LogP contribution in [0.15, 0.2) is 24.3 Å². The third-order valence-electron chi connectivity index (χ3n) is 5.60. The van der Waals surface area contributed by atoms with E-state index in [0.717, 1.165) is 48.9 Å². The van der Waals surface area contributed by atoms with E-state index in [1.807, 2.05) is 12.1 Å². The highest BCUT2D eigenvalue weighted by Gasteiger charge is 2.36. The first-order chi connectivity index (χ1) is 12.7. The van der Waals surface area contributed by atoms with Crippen LogP contribution in [0.1, 0.15) is 28.3 Å². The fourth-order valence-corrected chi connectivity index (χ4v) is 4.30. The number of ether oxygens (including phenoxy) is 4. The Morgan fingerprint density at radius 1 is 0.808 bits per heavy atom. The molecule has 2 aromatic rings. The maximum atomic E-state index is 5.73. The van der Waals surface area contributed by atoms with E-state index in [1.54, 1.807) is 28.4 Å². The molecule has 0 radical (unpaired) electrons. The van der Waals surface area contributed by atoms with E-state index in [4.69, 9.17) is 18.9 Å². The van der Waals surface area contributed by atoms with Crippen LogP contribution in [0, 0.1) is 0 Å². The normalized spacial score (nSPS) is 18.4. The Balaban J connectivity index is 1.80. The summed E-state index contributed by atoms with van der Waals surface area (Å²) in [6, 6.07) is 8.55. The van der Waals surface area contributed by atoms with Crippen molar-refractivity contribution in [2.45, 2.75) is 25.4 Å². The number of hydrogen-bond acceptors (Lipinski definition) is 5. The van der Waals surface area contributed by atoms with Gasteiger partial charge in [0.25, 0.3) is 0 Å². The van der Waals surface area contributed by atoms with Gasteiger partial charge in [-0.1, -0.05) is 0 Å². The van der Waals surface area contributed by atoms with Crippen LogP contribution in [0.2, 0.25) is 0 Å². The van der Waals surface area contributed by atoms with Crippen LogP contribution in [0.3, 0.4) is 0 Å². The van der Waals surface area contributed by atoms with Crippen molar-refractivity contribution in [3.63, 3.8) is 0 Å². The SMILES string of the molecule is COc1cc2c(c(OC)c1)CN1CCc3cc(OC)cc(OC)c3[C@@H]1C2. The second-order valence-corrected chi connectivity index (χ2v) is 6.81. The molecular formula is C21H25NO4. The third kappa shape index (κ3) is 2.67. The summed E-state index contributed by atoms with van der Waals surface area (Å²) < 4.78 is 22.3. The van der Waals surface area contributed by atoms with Gasteiger partial charge in [0, 0.05) is 42.4 Å². The zero-order valence-corrected chi connectivity index (χ0v) is 15.8. The number of hydrogen-bond donors (Lipinski definition) is 0. The van der Waals surface area contributed by atoms with E-state index in [9.17, 15) is 0 Å². The lowest BCUT2D eigenvalue weighted by Crippen LogP contribution is -2.39. The Bertz CT molecular complexity index is 816. The Hall–Kier alpha value is -2.40. The molecule has 4 rings (SSSR count). The summed E-state index contributed by atoms with van der Waals surface area (Å²) in [5.41, 5.74) is 5.15. The molecule has 5 nitrogen and oxygen atoms in total. The van der Waals surface area contributed by atoms with Crippen molar-refractivity contribution in [3.05, 3.63) is 46.5 Å². The minimum atomic E-state index is 0.295. The monoisotopic (exact) mass is 355 g/mol. The van der Waals surface area contributed by atoms with Gasteiger partial charge in [-0.2, -0.15) is 0 Å². The van der Waals surface area contributed by atoms with E-state index < -0.39 is 0 Å². The molecule has 2 aromatic carbocycles. The number of nitrogens with zero attached hydrogens (tertiary/aromatic N) is 1. The van der Waals surface area contributed by atoms with Gasteiger partial charge in [0.15, 0.2) is 0 Å².